The van der Waals surface area contributed by atoms with E-state index in [1.54, 1.807) is 48.5 Å². The van der Waals surface area contributed by atoms with Gasteiger partial charge in [0.15, 0.2) is 0 Å². The average Bonchev–Trinajstić information content (AvgIpc) is 3.54. The van der Waals surface area contributed by atoms with E-state index in [1.165, 1.54) is 27.6 Å². The van der Waals surface area contributed by atoms with Crippen molar-refractivity contribution in [2.75, 3.05) is 19.7 Å². The summed E-state index contributed by atoms with van der Waals surface area (Å²) >= 11 is 0. The summed E-state index contributed by atoms with van der Waals surface area (Å²) in [6.07, 6.45) is 2.84. The summed E-state index contributed by atoms with van der Waals surface area (Å²) in [7, 11) is -3.94. The molecule has 1 atom stereocenters. The Morgan fingerprint density at radius 1 is 1.06 bits per heavy atom. The van der Waals surface area contributed by atoms with Gasteiger partial charge >= 0.3 is 0 Å². The van der Waals surface area contributed by atoms with Crippen molar-refractivity contribution < 1.29 is 26.8 Å². The third kappa shape index (κ3) is 6.56. The van der Waals surface area contributed by atoms with E-state index in [-0.39, 0.29) is 48.9 Å². The molecule has 0 aliphatic carbocycles. The highest BCUT2D eigenvalue weighted by atomic mass is 32.2. The highest BCUT2D eigenvalue weighted by Gasteiger charge is 2.32. The van der Waals surface area contributed by atoms with E-state index in [1.807, 2.05) is 6.92 Å². The average molecular weight is 501 g/mol. The fraction of sp³-hybridized carbons (Fsp3) is 0.346. The van der Waals surface area contributed by atoms with E-state index >= 15 is 0 Å². The van der Waals surface area contributed by atoms with Crippen molar-refractivity contribution in [1.29, 1.82) is 0 Å². The van der Waals surface area contributed by atoms with Crippen LogP contribution in [0.1, 0.15) is 29.7 Å². The van der Waals surface area contributed by atoms with Crippen LogP contribution in [-0.2, 0) is 32.6 Å². The molecule has 2 heterocycles. The van der Waals surface area contributed by atoms with Crippen molar-refractivity contribution in [1.82, 2.24) is 9.21 Å². The van der Waals surface area contributed by atoms with Gasteiger partial charge in [-0.2, -0.15) is 4.31 Å². The van der Waals surface area contributed by atoms with Gasteiger partial charge in [-0.05, 0) is 61.7 Å². The van der Waals surface area contributed by atoms with Crippen LogP contribution in [0.2, 0.25) is 0 Å². The van der Waals surface area contributed by atoms with Gasteiger partial charge in [0.2, 0.25) is 15.9 Å². The highest BCUT2D eigenvalue weighted by molar-refractivity contribution is 7.89. The minimum atomic E-state index is -3.94. The third-order valence-electron chi connectivity index (χ3n) is 5.97. The summed E-state index contributed by atoms with van der Waals surface area (Å²) in [6, 6.07) is 15.9. The van der Waals surface area contributed by atoms with Crippen molar-refractivity contribution in [2.24, 2.45) is 0 Å². The van der Waals surface area contributed by atoms with Crippen LogP contribution in [-0.4, -0.2) is 49.3 Å². The zero-order valence-electron chi connectivity index (χ0n) is 19.6. The molecule has 3 aromatic rings. The van der Waals surface area contributed by atoms with E-state index in [2.05, 4.69) is 0 Å². The molecular formula is C26H29FN2O5S. The Bertz CT molecular complexity index is 1210. The van der Waals surface area contributed by atoms with Crippen LogP contribution in [0.25, 0.3) is 0 Å². The maximum absolute atomic E-state index is 13.5. The van der Waals surface area contributed by atoms with Gasteiger partial charge in [-0.15, -0.1) is 0 Å². The normalized spacial score (nSPS) is 16.0. The maximum atomic E-state index is 13.5. The molecule has 1 aliphatic rings. The molecule has 1 saturated heterocycles. The molecule has 0 spiro atoms. The van der Waals surface area contributed by atoms with Crippen molar-refractivity contribution in [3.05, 3.63) is 89.6 Å². The number of furan rings is 1. The number of amides is 1. The van der Waals surface area contributed by atoms with Crippen molar-refractivity contribution in [3.63, 3.8) is 0 Å². The molecular weight excluding hydrogens is 471 g/mol. The molecule has 0 radical (unpaired) electrons. The van der Waals surface area contributed by atoms with Crippen molar-refractivity contribution in [3.8, 4) is 0 Å². The molecule has 0 unspecified atom stereocenters. The van der Waals surface area contributed by atoms with E-state index < -0.39 is 10.0 Å². The molecule has 4 rings (SSSR count). The predicted molar refractivity (Wildman–Crippen MR) is 128 cm³/mol. The zero-order chi connectivity index (χ0) is 24.8. The van der Waals surface area contributed by atoms with Crippen LogP contribution in [0.15, 0.2) is 76.2 Å². The lowest BCUT2D eigenvalue weighted by molar-refractivity contribution is -0.133. The SMILES string of the molecule is Cc1ccc(S(=O)(=O)N(CC(=O)N(Cc2ccc(F)cc2)Cc2ccco2)C[C@@H]2CCCO2)cc1. The number of rotatable bonds is 10. The molecule has 35 heavy (non-hydrogen) atoms. The van der Waals surface area contributed by atoms with Crippen LogP contribution in [0.5, 0.6) is 0 Å². The van der Waals surface area contributed by atoms with Crippen molar-refractivity contribution >= 4 is 15.9 Å². The Labute approximate surface area is 205 Å². The molecule has 7 nitrogen and oxygen atoms in total. The number of ether oxygens (including phenoxy) is 1. The van der Waals surface area contributed by atoms with Gasteiger partial charge in [0, 0.05) is 19.7 Å². The Morgan fingerprint density at radius 2 is 1.80 bits per heavy atom. The van der Waals surface area contributed by atoms with Crippen LogP contribution in [0, 0.1) is 12.7 Å². The summed E-state index contributed by atoms with van der Waals surface area (Å²) in [6.45, 7) is 2.53. The van der Waals surface area contributed by atoms with Crippen LogP contribution in [0.4, 0.5) is 4.39 Å². The van der Waals surface area contributed by atoms with E-state index in [0.717, 1.165) is 24.0 Å². The van der Waals surface area contributed by atoms with Crippen LogP contribution < -0.4 is 0 Å². The van der Waals surface area contributed by atoms with Crippen LogP contribution >= 0.6 is 0 Å². The summed E-state index contributed by atoms with van der Waals surface area (Å²) in [5.41, 5.74) is 1.66. The number of hydrogen-bond donors (Lipinski definition) is 0. The molecule has 0 N–H and O–H groups in total. The van der Waals surface area contributed by atoms with Gasteiger partial charge in [-0.1, -0.05) is 29.8 Å². The summed E-state index contributed by atoms with van der Waals surface area (Å²) in [4.78, 5) is 15.2. The lowest BCUT2D eigenvalue weighted by Crippen LogP contribution is -2.45. The molecule has 0 saturated carbocycles. The lowest BCUT2D eigenvalue weighted by atomic mass is 10.2. The molecule has 0 bridgehead atoms. The molecule has 9 heteroatoms. The Balaban J connectivity index is 1.59. The number of aryl methyl sites for hydroxylation is 1. The maximum Gasteiger partial charge on any atom is 0.243 e. The molecule has 1 aromatic heterocycles. The van der Waals surface area contributed by atoms with Crippen LogP contribution in [0.3, 0.4) is 0 Å². The second-order valence-corrected chi connectivity index (χ2v) is 10.6. The first-order valence-electron chi connectivity index (χ1n) is 11.5. The second-order valence-electron chi connectivity index (χ2n) is 8.70. The topological polar surface area (TPSA) is 80.1 Å². The Morgan fingerprint density at radius 3 is 2.43 bits per heavy atom. The molecule has 2 aromatic carbocycles. The molecule has 1 amide bonds. The standard InChI is InChI=1S/C26H29FN2O5S/c1-20-6-12-25(13-7-20)35(31,32)29(18-24-5-3-15-34-24)19-26(30)28(17-23-4-2-14-33-23)16-21-8-10-22(27)11-9-21/h2,4,6-14,24H,3,5,15-19H2,1H3/t24-/m0/s1. The quantitative estimate of drug-likeness (QED) is 0.418. The van der Waals surface area contributed by atoms with Gasteiger partial charge in [0.1, 0.15) is 11.6 Å². The summed E-state index contributed by atoms with van der Waals surface area (Å²) < 4.78 is 52.8. The fourth-order valence-electron chi connectivity index (χ4n) is 4.01. The van der Waals surface area contributed by atoms with Gasteiger partial charge in [0.05, 0.1) is 30.4 Å². The first-order chi connectivity index (χ1) is 16.8. The number of sulfonamides is 1. The first kappa shape index (κ1) is 25.1. The molecule has 1 fully saturated rings. The minimum absolute atomic E-state index is 0.0904. The lowest BCUT2D eigenvalue weighted by Gasteiger charge is -2.28. The number of carbonyl (C=O) groups is 1. The second kappa shape index (κ2) is 11.2. The first-order valence-corrected chi connectivity index (χ1v) is 13.0. The molecule has 186 valence electrons. The Hall–Kier alpha value is -3.01. The smallest absolute Gasteiger partial charge is 0.243 e. The number of nitrogens with zero attached hydrogens (tertiary/aromatic N) is 2. The number of halogens is 1. The fourth-order valence-corrected chi connectivity index (χ4v) is 5.43. The van der Waals surface area contributed by atoms with Gasteiger partial charge in [-0.3, -0.25) is 4.79 Å². The monoisotopic (exact) mass is 500 g/mol. The van der Waals surface area contributed by atoms with E-state index in [0.29, 0.717) is 12.4 Å². The third-order valence-corrected chi connectivity index (χ3v) is 7.79. The molecule has 1 aliphatic heterocycles. The summed E-state index contributed by atoms with van der Waals surface area (Å²) in [5.74, 6) is -0.198. The number of hydrogen-bond acceptors (Lipinski definition) is 5. The van der Waals surface area contributed by atoms with E-state index in [9.17, 15) is 17.6 Å². The Kier molecular flexibility index (Phi) is 8.00. The zero-order valence-corrected chi connectivity index (χ0v) is 20.4. The van der Waals surface area contributed by atoms with E-state index in [4.69, 9.17) is 9.15 Å². The highest BCUT2D eigenvalue weighted by Crippen LogP contribution is 2.22. The van der Waals surface area contributed by atoms with Gasteiger partial charge in [0.25, 0.3) is 0 Å². The van der Waals surface area contributed by atoms with Gasteiger partial charge < -0.3 is 14.1 Å². The minimum Gasteiger partial charge on any atom is -0.467 e. The largest absolute Gasteiger partial charge is 0.467 e. The van der Waals surface area contributed by atoms with Gasteiger partial charge in [-0.25, -0.2) is 12.8 Å². The van der Waals surface area contributed by atoms with Crippen molar-refractivity contribution in [2.45, 2.75) is 43.9 Å². The number of benzene rings is 2. The summed E-state index contributed by atoms with van der Waals surface area (Å²) in [5, 5.41) is 0. The predicted octanol–water partition coefficient (Wildman–Crippen LogP) is 4.13. The number of carbonyl (C=O) groups excluding carboxylic acids is 1.